The van der Waals surface area contributed by atoms with E-state index in [1.807, 2.05) is 0 Å². The summed E-state index contributed by atoms with van der Waals surface area (Å²) in [6.45, 7) is 0. The SMILES string of the molecule is O=C(O)C(F)(F)c1c(Cl)sc(Cl)c1Cl. The monoisotopic (exact) mass is 280 g/mol. The number of thiophene rings is 1. The van der Waals surface area contributed by atoms with Gasteiger partial charge in [0.15, 0.2) is 0 Å². The molecule has 14 heavy (non-hydrogen) atoms. The van der Waals surface area contributed by atoms with Crippen molar-refractivity contribution in [3.05, 3.63) is 19.3 Å². The summed E-state index contributed by atoms with van der Waals surface area (Å²) in [5.41, 5.74) is -0.955. The molecular weight excluding hydrogens is 280 g/mol. The van der Waals surface area contributed by atoms with Crippen LogP contribution in [-0.4, -0.2) is 11.1 Å². The Kier molecular flexibility index (Phi) is 3.26. The summed E-state index contributed by atoms with van der Waals surface area (Å²) in [4.78, 5) is 10.2. The highest BCUT2D eigenvalue weighted by Gasteiger charge is 2.46. The third-order valence-electron chi connectivity index (χ3n) is 1.35. The van der Waals surface area contributed by atoms with Crippen LogP contribution in [0.4, 0.5) is 8.78 Å². The minimum absolute atomic E-state index is 0.160. The highest BCUT2D eigenvalue weighted by molar-refractivity contribution is 7.20. The lowest BCUT2D eigenvalue weighted by Gasteiger charge is -2.10. The normalized spacial score (nSPS) is 11.8. The number of aliphatic carboxylic acids is 1. The van der Waals surface area contributed by atoms with E-state index in [0.29, 0.717) is 11.3 Å². The van der Waals surface area contributed by atoms with Gasteiger partial charge in [0.25, 0.3) is 0 Å². The maximum atomic E-state index is 13.0. The third kappa shape index (κ3) is 1.82. The fourth-order valence-electron chi connectivity index (χ4n) is 0.727. The number of hydrogen-bond acceptors (Lipinski definition) is 2. The molecule has 0 aliphatic heterocycles. The zero-order chi connectivity index (χ0) is 11.1. The van der Waals surface area contributed by atoms with Gasteiger partial charge in [-0.05, 0) is 0 Å². The number of carboxylic acid groups (broad SMARTS) is 1. The zero-order valence-electron chi connectivity index (χ0n) is 6.15. The summed E-state index contributed by atoms with van der Waals surface area (Å²) < 4.78 is 25.4. The summed E-state index contributed by atoms with van der Waals surface area (Å²) in [7, 11) is 0. The fourth-order valence-corrected chi connectivity index (χ4v) is 2.73. The van der Waals surface area contributed by atoms with Crippen LogP contribution in [0.5, 0.6) is 0 Å². The van der Waals surface area contributed by atoms with Gasteiger partial charge in [0.05, 0.1) is 10.6 Å². The molecule has 0 aliphatic rings. The van der Waals surface area contributed by atoms with Crippen molar-refractivity contribution in [2.45, 2.75) is 5.92 Å². The largest absolute Gasteiger partial charge is 0.477 e. The van der Waals surface area contributed by atoms with Gasteiger partial charge in [-0.15, -0.1) is 11.3 Å². The summed E-state index contributed by atoms with van der Waals surface area (Å²) in [5.74, 6) is -6.45. The van der Waals surface area contributed by atoms with Gasteiger partial charge in [0, 0.05) is 0 Å². The average Bonchev–Trinajstić information content (AvgIpc) is 2.26. The molecule has 1 N–H and O–H groups in total. The maximum absolute atomic E-state index is 13.0. The number of carbonyl (C=O) groups is 1. The fraction of sp³-hybridized carbons (Fsp3) is 0.167. The lowest BCUT2D eigenvalue weighted by molar-refractivity contribution is -0.166. The van der Waals surface area contributed by atoms with E-state index in [1.165, 1.54) is 0 Å². The zero-order valence-corrected chi connectivity index (χ0v) is 9.24. The van der Waals surface area contributed by atoms with E-state index in [0.717, 1.165) is 0 Å². The Labute approximate surface area is 96.0 Å². The molecule has 1 rings (SSSR count). The van der Waals surface area contributed by atoms with E-state index >= 15 is 0 Å². The number of carboxylic acids is 1. The van der Waals surface area contributed by atoms with E-state index < -0.39 is 26.8 Å². The van der Waals surface area contributed by atoms with Crippen molar-refractivity contribution in [2.75, 3.05) is 0 Å². The van der Waals surface area contributed by atoms with Crippen molar-refractivity contribution in [1.29, 1.82) is 0 Å². The summed E-state index contributed by atoms with van der Waals surface area (Å²) in [5, 5.41) is 7.73. The van der Waals surface area contributed by atoms with Gasteiger partial charge in [-0.3, -0.25) is 0 Å². The molecule has 0 saturated carbocycles. The third-order valence-corrected chi connectivity index (χ3v) is 3.54. The predicted octanol–water partition coefficient (Wildman–Crippen LogP) is 3.88. The molecule has 0 fully saturated rings. The van der Waals surface area contributed by atoms with Crippen molar-refractivity contribution < 1.29 is 18.7 Å². The van der Waals surface area contributed by atoms with Gasteiger partial charge in [-0.1, -0.05) is 34.8 Å². The Balaban J connectivity index is 3.38. The summed E-state index contributed by atoms with van der Waals surface area (Å²) in [6, 6.07) is 0. The van der Waals surface area contributed by atoms with Gasteiger partial charge in [0.2, 0.25) is 0 Å². The van der Waals surface area contributed by atoms with Crippen LogP contribution >= 0.6 is 46.1 Å². The molecular formula is C6HCl3F2O2S. The van der Waals surface area contributed by atoms with Crippen molar-refractivity contribution in [3.63, 3.8) is 0 Å². The smallest absolute Gasteiger partial charge is 0.379 e. The van der Waals surface area contributed by atoms with Crippen LogP contribution in [0.15, 0.2) is 0 Å². The molecule has 78 valence electrons. The van der Waals surface area contributed by atoms with Crippen molar-refractivity contribution in [1.82, 2.24) is 0 Å². The Hall–Kier alpha value is -0.100. The van der Waals surface area contributed by atoms with Crippen LogP contribution in [0.3, 0.4) is 0 Å². The second-order valence-electron chi connectivity index (χ2n) is 2.22. The van der Waals surface area contributed by atoms with Crippen LogP contribution < -0.4 is 0 Å². The first-order valence-corrected chi connectivity index (χ1v) is 4.98. The van der Waals surface area contributed by atoms with Crippen molar-refractivity contribution in [2.24, 2.45) is 0 Å². The first-order valence-electron chi connectivity index (χ1n) is 3.03. The molecule has 0 saturated heterocycles. The van der Waals surface area contributed by atoms with Crippen LogP contribution in [0.25, 0.3) is 0 Å². The van der Waals surface area contributed by atoms with Crippen LogP contribution in [0.1, 0.15) is 5.56 Å². The molecule has 0 radical (unpaired) electrons. The molecule has 0 unspecified atom stereocenters. The Morgan fingerprint density at radius 2 is 1.79 bits per heavy atom. The van der Waals surface area contributed by atoms with Crippen LogP contribution in [-0.2, 0) is 10.7 Å². The van der Waals surface area contributed by atoms with Gasteiger partial charge >= 0.3 is 11.9 Å². The van der Waals surface area contributed by atoms with Crippen molar-refractivity contribution in [3.8, 4) is 0 Å². The molecule has 1 aromatic rings. The minimum Gasteiger partial charge on any atom is -0.477 e. The van der Waals surface area contributed by atoms with E-state index in [4.69, 9.17) is 39.9 Å². The molecule has 0 amide bonds. The average molecular weight is 281 g/mol. The number of hydrogen-bond donors (Lipinski definition) is 1. The molecule has 2 nitrogen and oxygen atoms in total. The highest BCUT2D eigenvalue weighted by Crippen LogP contribution is 2.47. The number of rotatable bonds is 2. The molecule has 0 aliphatic carbocycles. The van der Waals surface area contributed by atoms with Crippen molar-refractivity contribution >= 4 is 52.1 Å². The summed E-state index contributed by atoms with van der Waals surface area (Å²) >= 11 is 16.8. The maximum Gasteiger partial charge on any atom is 0.379 e. The Bertz CT molecular complexity index is 391. The van der Waals surface area contributed by atoms with Crippen LogP contribution in [0.2, 0.25) is 13.7 Å². The lowest BCUT2D eigenvalue weighted by atomic mass is 10.2. The van der Waals surface area contributed by atoms with Gasteiger partial charge in [-0.2, -0.15) is 8.78 Å². The van der Waals surface area contributed by atoms with Crippen LogP contribution in [0, 0.1) is 0 Å². The van der Waals surface area contributed by atoms with E-state index in [-0.39, 0.29) is 4.34 Å². The van der Waals surface area contributed by atoms with E-state index in [9.17, 15) is 13.6 Å². The molecule has 0 aromatic carbocycles. The quantitative estimate of drug-likeness (QED) is 0.893. The molecule has 0 bridgehead atoms. The number of alkyl halides is 2. The van der Waals surface area contributed by atoms with E-state index in [2.05, 4.69) is 0 Å². The van der Waals surface area contributed by atoms with Gasteiger partial charge in [-0.25, -0.2) is 4.79 Å². The second kappa shape index (κ2) is 3.81. The van der Waals surface area contributed by atoms with Gasteiger partial charge in [0.1, 0.15) is 8.67 Å². The predicted molar refractivity (Wildman–Crippen MR) is 50.9 cm³/mol. The molecule has 0 spiro atoms. The molecule has 8 heteroatoms. The molecule has 0 atom stereocenters. The minimum atomic E-state index is -4.13. The molecule has 1 aromatic heterocycles. The topological polar surface area (TPSA) is 37.3 Å². The van der Waals surface area contributed by atoms with E-state index in [1.54, 1.807) is 0 Å². The molecule has 1 heterocycles. The summed E-state index contributed by atoms with van der Waals surface area (Å²) in [6.07, 6.45) is 0. The first-order chi connectivity index (χ1) is 6.28. The highest BCUT2D eigenvalue weighted by atomic mass is 35.5. The number of halogens is 5. The first kappa shape index (κ1) is 12.0. The standard InChI is InChI=1S/C6HCl3F2O2S/c7-2-1(3(8)14-4(2)9)6(10,11)5(12)13/h(H,12,13). The Morgan fingerprint density at radius 3 is 2.07 bits per heavy atom. The van der Waals surface area contributed by atoms with Gasteiger partial charge < -0.3 is 5.11 Å². The Morgan fingerprint density at radius 1 is 1.29 bits per heavy atom. The lowest BCUT2D eigenvalue weighted by Crippen LogP contribution is -2.25. The second-order valence-corrected chi connectivity index (χ2v) is 4.82.